The predicted molar refractivity (Wildman–Crippen MR) is 46.6 cm³/mol. The van der Waals surface area contributed by atoms with E-state index in [0.717, 1.165) is 24.4 Å². The highest BCUT2D eigenvalue weighted by Crippen LogP contribution is 2.39. The van der Waals surface area contributed by atoms with Crippen LogP contribution in [0.15, 0.2) is 6.20 Å². The van der Waals surface area contributed by atoms with Crippen molar-refractivity contribution in [2.24, 2.45) is 0 Å². The number of hydrogen-bond donors (Lipinski definition) is 1. The second-order valence-corrected chi connectivity index (χ2v) is 3.54. The highest BCUT2D eigenvalue weighted by molar-refractivity contribution is 5.66. The van der Waals surface area contributed by atoms with E-state index in [1.54, 1.807) is 4.57 Å². The zero-order chi connectivity index (χ0) is 9.42. The van der Waals surface area contributed by atoms with Gasteiger partial charge in [0.1, 0.15) is 12.4 Å². The zero-order valence-electron chi connectivity index (χ0n) is 7.53. The quantitative estimate of drug-likeness (QED) is 0.759. The molecule has 0 unspecified atom stereocenters. The molecule has 1 fully saturated rings. The van der Waals surface area contributed by atoms with Crippen LogP contribution in [0, 0.1) is 6.92 Å². The number of rotatable bonds is 3. The molecule has 1 aliphatic carbocycles. The largest absolute Gasteiger partial charge is 0.480 e. The number of aryl methyl sites for hydroxylation is 1. The lowest BCUT2D eigenvalue weighted by atomic mass is 10.4. The van der Waals surface area contributed by atoms with Gasteiger partial charge in [-0.3, -0.25) is 4.79 Å². The van der Waals surface area contributed by atoms with Crippen LogP contribution in [-0.4, -0.2) is 20.6 Å². The van der Waals surface area contributed by atoms with Crippen molar-refractivity contribution >= 4 is 5.97 Å². The van der Waals surface area contributed by atoms with Crippen LogP contribution in [0.1, 0.15) is 30.3 Å². The molecule has 70 valence electrons. The van der Waals surface area contributed by atoms with Crippen molar-refractivity contribution < 1.29 is 9.90 Å². The molecule has 1 N–H and O–H groups in total. The Kier molecular flexibility index (Phi) is 1.83. The van der Waals surface area contributed by atoms with Crippen LogP contribution in [0.3, 0.4) is 0 Å². The molecule has 0 aliphatic heterocycles. The van der Waals surface area contributed by atoms with Gasteiger partial charge in [0.05, 0.1) is 5.69 Å². The van der Waals surface area contributed by atoms with E-state index in [-0.39, 0.29) is 6.54 Å². The van der Waals surface area contributed by atoms with Gasteiger partial charge in [-0.15, -0.1) is 0 Å². The number of carboxylic acid groups (broad SMARTS) is 1. The zero-order valence-corrected chi connectivity index (χ0v) is 7.53. The highest BCUT2D eigenvalue weighted by atomic mass is 16.4. The Morgan fingerprint density at radius 1 is 1.77 bits per heavy atom. The van der Waals surface area contributed by atoms with Crippen LogP contribution >= 0.6 is 0 Å². The summed E-state index contributed by atoms with van der Waals surface area (Å²) >= 11 is 0. The highest BCUT2D eigenvalue weighted by Gasteiger charge is 2.28. The average Bonchev–Trinajstić information content (AvgIpc) is 2.77. The van der Waals surface area contributed by atoms with E-state index in [1.807, 2.05) is 13.1 Å². The van der Waals surface area contributed by atoms with Crippen LogP contribution < -0.4 is 0 Å². The lowest BCUT2D eigenvalue weighted by Crippen LogP contribution is -2.10. The maximum absolute atomic E-state index is 10.5. The molecule has 4 heteroatoms. The van der Waals surface area contributed by atoms with Crippen molar-refractivity contribution in [3.8, 4) is 0 Å². The van der Waals surface area contributed by atoms with Gasteiger partial charge >= 0.3 is 5.97 Å². The number of carboxylic acids is 1. The topological polar surface area (TPSA) is 55.1 Å². The summed E-state index contributed by atoms with van der Waals surface area (Å²) in [5, 5.41) is 8.65. The predicted octanol–water partition coefficient (Wildman–Crippen LogP) is 1.15. The standard InChI is InChI=1S/C9H12N2O2/c1-6-4-11(5-8(12)13)9(10-6)7-2-3-7/h4,7H,2-3,5H2,1H3,(H,12,13). The van der Waals surface area contributed by atoms with E-state index in [9.17, 15) is 4.79 Å². The fourth-order valence-corrected chi connectivity index (χ4v) is 1.51. The van der Waals surface area contributed by atoms with Gasteiger partial charge in [0.2, 0.25) is 0 Å². The molecule has 1 aromatic rings. The van der Waals surface area contributed by atoms with Crippen LogP contribution in [0.25, 0.3) is 0 Å². The summed E-state index contributed by atoms with van der Waals surface area (Å²) in [7, 11) is 0. The lowest BCUT2D eigenvalue weighted by molar-refractivity contribution is -0.137. The minimum absolute atomic E-state index is 0.0344. The SMILES string of the molecule is Cc1cn(CC(=O)O)c(C2CC2)n1. The third-order valence-corrected chi connectivity index (χ3v) is 2.18. The van der Waals surface area contributed by atoms with Crippen molar-refractivity contribution in [1.29, 1.82) is 0 Å². The fourth-order valence-electron chi connectivity index (χ4n) is 1.51. The molecule has 0 bridgehead atoms. The van der Waals surface area contributed by atoms with E-state index in [2.05, 4.69) is 4.98 Å². The Morgan fingerprint density at radius 2 is 2.46 bits per heavy atom. The van der Waals surface area contributed by atoms with Crippen LogP contribution in [-0.2, 0) is 11.3 Å². The van der Waals surface area contributed by atoms with E-state index in [0.29, 0.717) is 5.92 Å². The van der Waals surface area contributed by atoms with Gasteiger partial charge in [-0.05, 0) is 19.8 Å². The van der Waals surface area contributed by atoms with E-state index < -0.39 is 5.97 Å². The Balaban J connectivity index is 2.25. The van der Waals surface area contributed by atoms with E-state index in [4.69, 9.17) is 5.11 Å². The number of carbonyl (C=O) groups is 1. The summed E-state index contributed by atoms with van der Waals surface area (Å²) in [6.07, 6.45) is 4.11. The number of aliphatic carboxylic acids is 1. The summed E-state index contributed by atoms with van der Waals surface area (Å²) in [5.74, 6) is 0.646. The molecule has 4 nitrogen and oxygen atoms in total. The Bertz CT molecular complexity index is 339. The van der Waals surface area contributed by atoms with Gasteiger partial charge in [-0.25, -0.2) is 4.98 Å². The molecule has 0 spiro atoms. The third-order valence-electron chi connectivity index (χ3n) is 2.18. The molecule has 1 aliphatic rings. The molecule has 2 rings (SSSR count). The molecule has 0 radical (unpaired) electrons. The Morgan fingerprint density at radius 3 is 3.00 bits per heavy atom. The first-order valence-corrected chi connectivity index (χ1v) is 4.42. The normalized spacial score (nSPS) is 16.1. The maximum Gasteiger partial charge on any atom is 0.323 e. The summed E-state index contributed by atoms with van der Waals surface area (Å²) in [6.45, 7) is 1.93. The molecular formula is C9H12N2O2. The van der Waals surface area contributed by atoms with Crippen molar-refractivity contribution in [3.05, 3.63) is 17.7 Å². The Hall–Kier alpha value is -1.32. The molecule has 0 amide bonds. The van der Waals surface area contributed by atoms with Crippen molar-refractivity contribution in [2.45, 2.75) is 32.2 Å². The van der Waals surface area contributed by atoms with Gasteiger partial charge in [0.25, 0.3) is 0 Å². The van der Waals surface area contributed by atoms with Gasteiger partial charge < -0.3 is 9.67 Å². The number of nitrogens with zero attached hydrogens (tertiary/aromatic N) is 2. The van der Waals surface area contributed by atoms with Crippen LogP contribution in [0.5, 0.6) is 0 Å². The van der Waals surface area contributed by atoms with Crippen LogP contribution in [0.2, 0.25) is 0 Å². The van der Waals surface area contributed by atoms with Gasteiger partial charge in [0, 0.05) is 12.1 Å². The molecule has 0 atom stereocenters. The first-order valence-electron chi connectivity index (χ1n) is 4.42. The van der Waals surface area contributed by atoms with Crippen molar-refractivity contribution in [3.63, 3.8) is 0 Å². The number of aromatic nitrogens is 2. The molecule has 1 saturated carbocycles. The monoisotopic (exact) mass is 180 g/mol. The summed E-state index contributed by atoms with van der Waals surface area (Å²) in [4.78, 5) is 14.8. The smallest absolute Gasteiger partial charge is 0.323 e. The molecule has 0 saturated heterocycles. The molecular weight excluding hydrogens is 168 g/mol. The van der Waals surface area contributed by atoms with Gasteiger partial charge in [-0.1, -0.05) is 0 Å². The minimum Gasteiger partial charge on any atom is -0.480 e. The number of hydrogen-bond acceptors (Lipinski definition) is 2. The molecule has 1 heterocycles. The van der Waals surface area contributed by atoms with Gasteiger partial charge in [0.15, 0.2) is 0 Å². The van der Waals surface area contributed by atoms with E-state index in [1.165, 1.54) is 0 Å². The lowest BCUT2D eigenvalue weighted by Gasteiger charge is -2.01. The van der Waals surface area contributed by atoms with E-state index >= 15 is 0 Å². The summed E-state index contributed by atoms with van der Waals surface area (Å²) in [6, 6.07) is 0. The third kappa shape index (κ3) is 1.71. The second kappa shape index (κ2) is 2.87. The Labute approximate surface area is 76.2 Å². The van der Waals surface area contributed by atoms with Crippen LogP contribution in [0.4, 0.5) is 0 Å². The second-order valence-electron chi connectivity index (χ2n) is 3.54. The van der Waals surface area contributed by atoms with Crippen molar-refractivity contribution in [2.75, 3.05) is 0 Å². The minimum atomic E-state index is -0.806. The number of imidazole rings is 1. The van der Waals surface area contributed by atoms with Crippen molar-refractivity contribution in [1.82, 2.24) is 9.55 Å². The van der Waals surface area contributed by atoms with Gasteiger partial charge in [-0.2, -0.15) is 0 Å². The molecule has 1 aromatic heterocycles. The molecule has 0 aromatic carbocycles. The first kappa shape index (κ1) is 8.29. The summed E-state index contributed by atoms with van der Waals surface area (Å²) in [5.41, 5.74) is 0.906. The maximum atomic E-state index is 10.5. The fraction of sp³-hybridized carbons (Fsp3) is 0.556. The first-order chi connectivity index (χ1) is 6.16. The summed E-state index contributed by atoms with van der Waals surface area (Å²) < 4.78 is 1.75. The average molecular weight is 180 g/mol. The molecule has 13 heavy (non-hydrogen) atoms.